The lowest BCUT2D eigenvalue weighted by molar-refractivity contribution is -0.117. The Hall–Kier alpha value is -2.95. The first-order chi connectivity index (χ1) is 11.2. The molecular formula is C18H17N3O2. The molecule has 116 valence electrons. The lowest BCUT2D eigenvalue weighted by Gasteiger charge is -2.15. The van der Waals surface area contributed by atoms with E-state index in [1.165, 1.54) is 6.08 Å². The number of carbonyl (C=O) groups excluding carboxylic acids is 2. The normalized spacial score (nSPS) is 14.4. The van der Waals surface area contributed by atoms with Crippen molar-refractivity contribution in [1.29, 1.82) is 0 Å². The molecule has 1 aliphatic rings. The van der Waals surface area contributed by atoms with E-state index >= 15 is 0 Å². The molecule has 1 N–H and O–H groups in total. The minimum Gasteiger partial charge on any atom is -0.323 e. The van der Waals surface area contributed by atoms with Gasteiger partial charge in [0.05, 0.1) is 0 Å². The number of amides is 2. The first-order valence-electron chi connectivity index (χ1n) is 7.52. The highest BCUT2D eigenvalue weighted by atomic mass is 16.2. The molecule has 1 aromatic heterocycles. The fourth-order valence-electron chi connectivity index (χ4n) is 2.48. The molecule has 1 aromatic carbocycles. The van der Waals surface area contributed by atoms with Crippen molar-refractivity contribution in [2.75, 3.05) is 16.8 Å². The van der Waals surface area contributed by atoms with E-state index in [2.05, 4.69) is 10.3 Å². The summed E-state index contributed by atoms with van der Waals surface area (Å²) in [4.78, 5) is 29.4. The van der Waals surface area contributed by atoms with Gasteiger partial charge in [-0.1, -0.05) is 6.07 Å². The number of nitrogens with one attached hydrogen (secondary N) is 1. The number of nitrogens with zero attached hydrogens (tertiary/aromatic N) is 2. The Morgan fingerprint density at radius 3 is 2.70 bits per heavy atom. The summed E-state index contributed by atoms with van der Waals surface area (Å²) in [5.41, 5.74) is 2.43. The second kappa shape index (κ2) is 6.87. The third-order valence-corrected chi connectivity index (χ3v) is 3.63. The van der Waals surface area contributed by atoms with Crippen LogP contribution < -0.4 is 10.2 Å². The fourth-order valence-corrected chi connectivity index (χ4v) is 2.48. The predicted molar refractivity (Wildman–Crippen MR) is 89.9 cm³/mol. The van der Waals surface area contributed by atoms with Crippen LogP contribution in [0.1, 0.15) is 18.4 Å². The van der Waals surface area contributed by atoms with Crippen LogP contribution in [0.4, 0.5) is 11.4 Å². The molecule has 1 saturated heterocycles. The van der Waals surface area contributed by atoms with E-state index in [0.717, 1.165) is 24.2 Å². The van der Waals surface area contributed by atoms with Crippen LogP contribution in [0.25, 0.3) is 6.08 Å². The quantitative estimate of drug-likeness (QED) is 0.884. The van der Waals surface area contributed by atoms with Crippen LogP contribution in [0.2, 0.25) is 0 Å². The summed E-state index contributed by atoms with van der Waals surface area (Å²) in [5.74, 6) is -0.0555. The first kappa shape index (κ1) is 15.0. The highest BCUT2D eigenvalue weighted by Crippen LogP contribution is 2.23. The Bertz CT molecular complexity index is 724. The van der Waals surface area contributed by atoms with Gasteiger partial charge in [-0.05, 0) is 48.4 Å². The van der Waals surface area contributed by atoms with Crippen molar-refractivity contribution >= 4 is 29.3 Å². The highest BCUT2D eigenvalue weighted by Gasteiger charge is 2.21. The molecule has 2 aromatic rings. The van der Waals surface area contributed by atoms with Gasteiger partial charge < -0.3 is 10.2 Å². The van der Waals surface area contributed by atoms with Crippen molar-refractivity contribution in [2.45, 2.75) is 12.8 Å². The van der Waals surface area contributed by atoms with Crippen molar-refractivity contribution in [2.24, 2.45) is 0 Å². The molecule has 0 spiro atoms. The van der Waals surface area contributed by atoms with Gasteiger partial charge in [-0.2, -0.15) is 0 Å². The summed E-state index contributed by atoms with van der Waals surface area (Å²) in [6, 6.07) is 11.0. The van der Waals surface area contributed by atoms with Gasteiger partial charge >= 0.3 is 0 Å². The topological polar surface area (TPSA) is 62.3 Å². The summed E-state index contributed by atoms with van der Waals surface area (Å²) in [5, 5.41) is 2.79. The minimum absolute atomic E-state index is 0.154. The maximum absolute atomic E-state index is 11.9. The standard InChI is InChI=1S/C18H17N3O2/c22-17(10-5-14-3-1-11-19-13-14)20-15-6-8-16(9-7-15)21-12-2-4-18(21)23/h1,3,5-11,13H,2,4,12H2,(H,20,22)/b10-5+. The first-order valence-corrected chi connectivity index (χ1v) is 7.52. The molecule has 0 saturated carbocycles. The Morgan fingerprint density at radius 1 is 1.22 bits per heavy atom. The Labute approximate surface area is 134 Å². The van der Waals surface area contributed by atoms with Gasteiger partial charge in [-0.3, -0.25) is 14.6 Å². The van der Waals surface area contributed by atoms with E-state index < -0.39 is 0 Å². The van der Waals surface area contributed by atoms with Crippen molar-refractivity contribution in [3.63, 3.8) is 0 Å². The SMILES string of the molecule is O=C(/C=C/c1cccnc1)Nc1ccc(N2CCCC2=O)cc1. The van der Waals surface area contributed by atoms with Crippen LogP contribution in [-0.4, -0.2) is 23.3 Å². The molecule has 0 radical (unpaired) electrons. The van der Waals surface area contributed by atoms with E-state index in [4.69, 9.17) is 0 Å². The number of hydrogen-bond donors (Lipinski definition) is 1. The van der Waals surface area contributed by atoms with Crippen LogP contribution >= 0.6 is 0 Å². The van der Waals surface area contributed by atoms with Crippen LogP contribution in [0.5, 0.6) is 0 Å². The van der Waals surface area contributed by atoms with Gasteiger partial charge in [0.2, 0.25) is 11.8 Å². The number of anilines is 2. The number of carbonyl (C=O) groups is 2. The summed E-state index contributed by atoms with van der Waals surface area (Å²) in [6.45, 7) is 0.762. The van der Waals surface area contributed by atoms with E-state index in [0.29, 0.717) is 12.1 Å². The molecule has 2 heterocycles. The van der Waals surface area contributed by atoms with Gasteiger partial charge in [0.15, 0.2) is 0 Å². The van der Waals surface area contributed by atoms with E-state index in [1.54, 1.807) is 35.5 Å². The van der Waals surface area contributed by atoms with Crippen LogP contribution in [0.3, 0.4) is 0 Å². The molecule has 23 heavy (non-hydrogen) atoms. The molecule has 0 atom stereocenters. The number of pyridine rings is 1. The average molecular weight is 307 g/mol. The van der Waals surface area contributed by atoms with Crippen molar-refractivity contribution in [3.05, 3.63) is 60.4 Å². The van der Waals surface area contributed by atoms with Crippen LogP contribution in [0.15, 0.2) is 54.9 Å². The number of rotatable bonds is 4. The monoisotopic (exact) mass is 307 g/mol. The Morgan fingerprint density at radius 2 is 2.04 bits per heavy atom. The zero-order valence-corrected chi connectivity index (χ0v) is 12.6. The third kappa shape index (κ3) is 3.83. The molecule has 1 fully saturated rings. The predicted octanol–water partition coefficient (Wildman–Crippen LogP) is 2.86. The highest BCUT2D eigenvalue weighted by molar-refractivity contribution is 6.02. The van der Waals surface area contributed by atoms with E-state index in [9.17, 15) is 9.59 Å². The van der Waals surface area contributed by atoms with Gasteiger partial charge in [0.25, 0.3) is 0 Å². The maximum Gasteiger partial charge on any atom is 0.248 e. The molecular weight excluding hydrogens is 290 g/mol. The summed E-state index contributed by atoms with van der Waals surface area (Å²) < 4.78 is 0. The number of hydrogen-bond acceptors (Lipinski definition) is 3. The van der Waals surface area contributed by atoms with Gasteiger partial charge in [0.1, 0.15) is 0 Å². The van der Waals surface area contributed by atoms with E-state index in [-0.39, 0.29) is 11.8 Å². The summed E-state index contributed by atoms with van der Waals surface area (Å²) >= 11 is 0. The smallest absolute Gasteiger partial charge is 0.248 e. The second-order valence-electron chi connectivity index (χ2n) is 5.30. The van der Waals surface area contributed by atoms with Gasteiger partial charge in [0, 0.05) is 42.8 Å². The van der Waals surface area contributed by atoms with Crippen LogP contribution in [-0.2, 0) is 9.59 Å². The molecule has 2 amide bonds. The zero-order valence-electron chi connectivity index (χ0n) is 12.6. The van der Waals surface area contributed by atoms with E-state index in [1.807, 2.05) is 24.3 Å². The maximum atomic E-state index is 11.9. The Balaban J connectivity index is 1.61. The molecule has 0 bridgehead atoms. The average Bonchev–Trinajstić information content (AvgIpc) is 3.01. The molecule has 5 nitrogen and oxygen atoms in total. The lowest BCUT2D eigenvalue weighted by Crippen LogP contribution is -2.23. The van der Waals surface area contributed by atoms with Crippen molar-refractivity contribution in [1.82, 2.24) is 4.98 Å². The lowest BCUT2D eigenvalue weighted by atomic mass is 10.2. The molecule has 1 aliphatic heterocycles. The zero-order chi connectivity index (χ0) is 16.1. The second-order valence-corrected chi connectivity index (χ2v) is 5.30. The summed E-state index contributed by atoms with van der Waals surface area (Å²) in [7, 11) is 0. The molecule has 0 aliphatic carbocycles. The number of benzene rings is 1. The molecule has 3 rings (SSSR count). The summed E-state index contributed by atoms with van der Waals surface area (Å²) in [6.07, 6.45) is 8.05. The van der Waals surface area contributed by atoms with Crippen molar-refractivity contribution < 1.29 is 9.59 Å². The largest absolute Gasteiger partial charge is 0.323 e. The van der Waals surface area contributed by atoms with Crippen molar-refractivity contribution in [3.8, 4) is 0 Å². The molecule has 5 heteroatoms. The third-order valence-electron chi connectivity index (χ3n) is 3.63. The number of aromatic nitrogens is 1. The van der Waals surface area contributed by atoms with Gasteiger partial charge in [-0.25, -0.2) is 0 Å². The Kier molecular flexibility index (Phi) is 4.47. The van der Waals surface area contributed by atoms with Gasteiger partial charge in [-0.15, -0.1) is 0 Å². The molecule has 0 unspecified atom stereocenters. The van der Waals surface area contributed by atoms with Crippen LogP contribution in [0, 0.1) is 0 Å². The minimum atomic E-state index is -0.209. The fraction of sp³-hybridized carbons (Fsp3) is 0.167.